The fraction of sp³-hybridized carbons (Fsp3) is 1.00. The molecule has 16 heavy (non-hydrogen) atoms. The quantitative estimate of drug-likeness (QED) is 0.780. The number of aliphatic hydroxyl groups is 1. The molecule has 0 heterocycles. The van der Waals surface area contributed by atoms with Gasteiger partial charge < -0.3 is 10.4 Å². The van der Waals surface area contributed by atoms with E-state index in [1.807, 2.05) is 13.2 Å². The van der Waals surface area contributed by atoms with Gasteiger partial charge in [0.1, 0.15) is 0 Å². The van der Waals surface area contributed by atoms with Crippen molar-refractivity contribution in [3.63, 3.8) is 0 Å². The lowest BCUT2D eigenvalue weighted by Gasteiger charge is -2.27. The highest BCUT2D eigenvalue weighted by atomic mass is 32.2. The first-order chi connectivity index (χ1) is 7.26. The lowest BCUT2D eigenvalue weighted by atomic mass is 9.91. The van der Waals surface area contributed by atoms with Crippen molar-refractivity contribution in [3.05, 3.63) is 0 Å². The second-order valence-electron chi connectivity index (χ2n) is 6.47. The van der Waals surface area contributed by atoms with E-state index in [2.05, 4.69) is 26.1 Å². The summed E-state index contributed by atoms with van der Waals surface area (Å²) < 4.78 is 0. The maximum atomic E-state index is 10.1. The second kappa shape index (κ2) is 5.28. The molecule has 2 N–H and O–H groups in total. The predicted octanol–water partition coefficient (Wildman–Crippen LogP) is 2.51. The summed E-state index contributed by atoms with van der Waals surface area (Å²) in [6.45, 7) is 9.62. The van der Waals surface area contributed by atoms with Crippen LogP contribution in [-0.2, 0) is 0 Å². The molecule has 1 aliphatic rings. The van der Waals surface area contributed by atoms with Crippen molar-refractivity contribution in [2.24, 2.45) is 11.3 Å². The minimum atomic E-state index is -0.578. The van der Waals surface area contributed by atoms with Gasteiger partial charge in [-0.2, -0.15) is 11.8 Å². The summed E-state index contributed by atoms with van der Waals surface area (Å²) in [5.74, 6) is 1.52. The molecule has 3 heteroatoms. The monoisotopic (exact) mass is 245 g/mol. The van der Waals surface area contributed by atoms with E-state index in [1.54, 1.807) is 11.8 Å². The molecule has 0 aromatic heterocycles. The Balaban J connectivity index is 2.39. The van der Waals surface area contributed by atoms with Gasteiger partial charge in [-0.05, 0) is 37.4 Å². The van der Waals surface area contributed by atoms with Gasteiger partial charge in [0.05, 0.1) is 5.60 Å². The van der Waals surface area contributed by atoms with Crippen molar-refractivity contribution in [3.8, 4) is 0 Å². The van der Waals surface area contributed by atoms with Crippen molar-refractivity contribution in [1.82, 2.24) is 5.32 Å². The molecular formula is C13H27NOS. The smallest absolute Gasteiger partial charge is 0.0833 e. The average Bonchev–Trinajstić information content (AvgIpc) is 2.36. The largest absolute Gasteiger partial charge is 0.388 e. The number of hydrogen-bond acceptors (Lipinski definition) is 3. The molecule has 2 nitrogen and oxygen atoms in total. The van der Waals surface area contributed by atoms with Crippen molar-refractivity contribution < 1.29 is 5.11 Å². The highest BCUT2D eigenvalue weighted by molar-refractivity contribution is 7.98. The first kappa shape index (κ1) is 14.3. The van der Waals surface area contributed by atoms with Gasteiger partial charge in [0.2, 0.25) is 0 Å². The molecule has 0 amide bonds. The van der Waals surface area contributed by atoms with Crippen molar-refractivity contribution in [2.45, 2.75) is 52.2 Å². The molecule has 1 fully saturated rings. The Bertz CT molecular complexity index is 228. The molecule has 0 spiro atoms. The van der Waals surface area contributed by atoms with E-state index < -0.39 is 5.60 Å². The first-order valence-electron chi connectivity index (χ1n) is 6.20. The molecule has 1 aliphatic carbocycles. The van der Waals surface area contributed by atoms with E-state index in [0.717, 1.165) is 11.7 Å². The van der Waals surface area contributed by atoms with Gasteiger partial charge in [-0.3, -0.25) is 0 Å². The van der Waals surface area contributed by atoms with Crippen LogP contribution in [0, 0.1) is 11.3 Å². The fourth-order valence-electron chi connectivity index (χ4n) is 2.88. The standard InChI is InChI=1S/C13H27NOS/c1-10-6-12(2,3)7-11(10)14-8-13(4,15)9-16-5/h10-11,14-15H,6-9H2,1-5H3. The Morgan fingerprint density at radius 3 is 2.50 bits per heavy atom. The average molecular weight is 245 g/mol. The molecule has 1 saturated carbocycles. The van der Waals surface area contributed by atoms with Crippen LogP contribution in [0.1, 0.15) is 40.5 Å². The van der Waals surface area contributed by atoms with E-state index in [0.29, 0.717) is 18.0 Å². The van der Waals surface area contributed by atoms with Gasteiger partial charge in [0.25, 0.3) is 0 Å². The van der Waals surface area contributed by atoms with Gasteiger partial charge >= 0.3 is 0 Å². The normalized spacial score (nSPS) is 32.6. The second-order valence-corrected chi connectivity index (χ2v) is 7.33. The molecule has 0 aliphatic heterocycles. The molecule has 0 saturated heterocycles. The summed E-state index contributed by atoms with van der Waals surface area (Å²) in [5, 5.41) is 13.7. The molecule has 0 aromatic carbocycles. The Labute approximate surface area is 105 Å². The van der Waals surface area contributed by atoms with Crippen LogP contribution in [0.3, 0.4) is 0 Å². The zero-order chi connectivity index (χ0) is 12.4. The highest BCUT2D eigenvalue weighted by Crippen LogP contribution is 2.40. The molecular weight excluding hydrogens is 218 g/mol. The zero-order valence-electron chi connectivity index (χ0n) is 11.3. The third kappa shape index (κ3) is 4.27. The number of rotatable bonds is 5. The van der Waals surface area contributed by atoms with Gasteiger partial charge in [0.15, 0.2) is 0 Å². The molecule has 3 unspecified atom stereocenters. The molecule has 3 atom stereocenters. The van der Waals surface area contributed by atoms with E-state index in [4.69, 9.17) is 0 Å². The third-order valence-electron chi connectivity index (χ3n) is 3.53. The van der Waals surface area contributed by atoms with Gasteiger partial charge in [-0.25, -0.2) is 0 Å². The van der Waals surface area contributed by atoms with Gasteiger partial charge in [-0.1, -0.05) is 20.8 Å². The first-order valence-corrected chi connectivity index (χ1v) is 7.60. The summed E-state index contributed by atoms with van der Waals surface area (Å²) in [5.41, 5.74) is -0.117. The maximum absolute atomic E-state index is 10.1. The maximum Gasteiger partial charge on any atom is 0.0833 e. The molecule has 0 aromatic rings. The molecule has 96 valence electrons. The summed E-state index contributed by atoms with van der Waals surface area (Å²) >= 11 is 1.70. The Morgan fingerprint density at radius 1 is 1.44 bits per heavy atom. The van der Waals surface area contributed by atoms with Crippen LogP contribution < -0.4 is 5.32 Å². The highest BCUT2D eigenvalue weighted by Gasteiger charge is 2.37. The van der Waals surface area contributed by atoms with Crippen molar-refractivity contribution >= 4 is 11.8 Å². The Morgan fingerprint density at radius 2 is 2.06 bits per heavy atom. The Hall–Kier alpha value is 0.270. The summed E-state index contributed by atoms with van der Waals surface area (Å²) in [6, 6.07) is 0.573. The zero-order valence-corrected chi connectivity index (χ0v) is 12.2. The molecule has 1 rings (SSSR count). The van der Waals surface area contributed by atoms with Crippen LogP contribution in [0.25, 0.3) is 0 Å². The van der Waals surface area contributed by atoms with E-state index in [-0.39, 0.29) is 0 Å². The third-order valence-corrected chi connectivity index (χ3v) is 4.44. The predicted molar refractivity (Wildman–Crippen MR) is 73.0 cm³/mol. The van der Waals surface area contributed by atoms with E-state index >= 15 is 0 Å². The van der Waals surface area contributed by atoms with Crippen LogP contribution in [-0.4, -0.2) is 35.3 Å². The van der Waals surface area contributed by atoms with Gasteiger partial charge in [0, 0.05) is 18.3 Å². The minimum Gasteiger partial charge on any atom is -0.388 e. The minimum absolute atomic E-state index is 0.461. The van der Waals surface area contributed by atoms with Crippen molar-refractivity contribution in [1.29, 1.82) is 0 Å². The summed E-state index contributed by atoms with van der Waals surface area (Å²) in [7, 11) is 0. The van der Waals surface area contributed by atoms with Crippen LogP contribution in [0.5, 0.6) is 0 Å². The molecule has 0 bridgehead atoms. The number of nitrogens with one attached hydrogen (secondary N) is 1. The van der Waals surface area contributed by atoms with Crippen LogP contribution >= 0.6 is 11.8 Å². The topological polar surface area (TPSA) is 32.3 Å². The van der Waals surface area contributed by atoms with E-state index in [1.165, 1.54) is 12.8 Å². The van der Waals surface area contributed by atoms with Crippen LogP contribution in [0.2, 0.25) is 0 Å². The van der Waals surface area contributed by atoms with E-state index in [9.17, 15) is 5.11 Å². The fourth-order valence-corrected chi connectivity index (χ4v) is 3.60. The SMILES string of the molecule is CSCC(C)(O)CNC1CC(C)(C)CC1C. The lowest BCUT2D eigenvalue weighted by Crippen LogP contribution is -2.45. The number of hydrogen-bond donors (Lipinski definition) is 2. The van der Waals surface area contributed by atoms with Crippen LogP contribution in [0.15, 0.2) is 0 Å². The lowest BCUT2D eigenvalue weighted by molar-refractivity contribution is 0.0797. The number of thioether (sulfide) groups is 1. The summed E-state index contributed by atoms with van der Waals surface area (Å²) in [6.07, 6.45) is 4.55. The Kier molecular flexibility index (Phi) is 4.73. The molecule has 0 radical (unpaired) electrons. The van der Waals surface area contributed by atoms with Crippen molar-refractivity contribution in [2.75, 3.05) is 18.6 Å². The van der Waals surface area contributed by atoms with Gasteiger partial charge in [-0.15, -0.1) is 0 Å². The summed E-state index contributed by atoms with van der Waals surface area (Å²) in [4.78, 5) is 0. The van der Waals surface area contributed by atoms with Crippen LogP contribution in [0.4, 0.5) is 0 Å².